The van der Waals surface area contributed by atoms with Crippen LogP contribution in [0.2, 0.25) is 0 Å². The Morgan fingerprint density at radius 1 is 1.39 bits per heavy atom. The Balaban J connectivity index is 2.53. The fourth-order valence-corrected chi connectivity index (χ4v) is 2.06. The minimum atomic E-state index is -0.347. The first-order valence-corrected chi connectivity index (χ1v) is 5.75. The van der Waals surface area contributed by atoms with Crippen molar-refractivity contribution in [1.29, 1.82) is 10.5 Å². The molecule has 18 heavy (non-hydrogen) atoms. The topological polar surface area (TPSA) is 84.8 Å². The maximum atomic E-state index is 12.0. The highest BCUT2D eigenvalue weighted by atomic mass is 16.1. The summed E-state index contributed by atoms with van der Waals surface area (Å²) in [6.07, 6.45) is 0.981. The summed E-state index contributed by atoms with van der Waals surface area (Å²) in [7, 11) is 0. The number of anilines is 1. The van der Waals surface area contributed by atoms with E-state index in [0.717, 1.165) is 13.0 Å². The van der Waals surface area contributed by atoms with Gasteiger partial charge < -0.3 is 5.32 Å². The van der Waals surface area contributed by atoms with Crippen molar-refractivity contribution in [1.82, 2.24) is 9.47 Å². The van der Waals surface area contributed by atoms with Crippen molar-refractivity contribution < 1.29 is 0 Å². The van der Waals surface area contributed by atoms with Crippen LogP contribution in [0.15, 0.2) is 10.9 Å². The highest BCUT2D eigenvalue weighted by Crippen LogP contribution is 2.18. The molecule has 0 aliphatic carbocycles. The van der Waals surface area contributed by atoms with Gasteiger partial charge in [-0.05, 0) is 12.5 Å². The standard InChI is InChI=1S/C12H13N5O/c1-2-3-16-7-15-11-9(5-13)4-10(6-14)12(18)17(11)8-16/h4,15H,2-3,7-8H2,1H3. The molecule has 0 saturated heterocycles. The van der Waals surface area contributed by atoms with E-state index in [0.29, 0.717) is 24.7 Å². The van der Waals surface area contributed by atoms with Crippen molar-refractivity contribution in [3.8, 4) is 12.1 Å². The van der Waals surface area contributed by atoms with Gasteiger partial charge in [-0.25, -0.2) is 0 Å². The second-order valence-electron chi connectivity index (χ2n) is 4.15. The number of rotatable bonds is 2. The Bertz CT molecular complexity index is 605. The van der Waals surface area contributed by atoms with Crippen LogP contribution < -0.4 is 10.9 Å². The number of nitrogens with one attached hydrogen (secondary N) is 1. The smallest absolute Gasteiger partial charge is 0.271 e. The van der Waals surface area contributed by atoms with Gasteiger partial charge in [0.15, 0.2) is 0 Å². The van der Waals surface area contributed by atoms with E-state index in [2.05, 4.69) is 17.1 Å². The number of nitriles is 2. The Morgan fingerprint density at radius 3 is 2.72 bits per heavy atom. The molecule has 2 rings (SSSR count). The maximum absolute atomic E-state index is 12.0. The fraction of sp³-hybridized carbons (Fsp3) is 0.417. The zero-order valence-corrected chi connectivity index (χ0v) is 10.1. The summed E-state index contributed by atoms with van der Waals surface area (Å²) in [5.74, 6) is 0.508. The van der Waals surface area contributed by atoms with Crippen LogP contribution in [0.4, 0.5) is 5.82 Å². The van der Waals surface area contributed by atoms with E-state index in [9.17, 15) is 4.79 Å². The molecule has 1 aliphatic heterocycles. The number of aromatic nitrogens is 1. The third-order valence-electron chi connectivity index (χ3n) is 2.88. The fourth-order valence-electron chi connectivity index (χ4n) is 2.06. The SMILES string of the molecule is CCCN1CNc2c(C#N)cc(C#N)c(=O)n2C1. The number of nitrogens with zero attached hydrogens (tertiary/aromatic N) is 4. The van der Waals surface area contributed by atoms with Gasteiger partial charge in [0.2, 0.25) is 0 Å². The van der Waals surface area contributed by atoms with Crippen molar-refractivity contribution in [2.75, 3.05) is 18.5 Å². The number of fused-ring (bicyclic) bond motifs is 1. The number of pyridine rings is 1. The molecule has 0 aromatic carbocycles. The Labute approximate surface area is 105 Å². The molecule has 0 spiro atoms. The molecule has 1 aromatic rings. The summed E-state index contributed by atoms with van der Waals surface area (Å²) in [5, 5.41) is 21.0. The van der Waals surface area contributed by atoms with Crippen LogP contribution in [0.25, 0.3) is 0 Å². The van der Waals surface area contributed by atoms with Gasteiger partial charge in [0.05, 0.1) is 18.9 Å². The van der Waals surface area contributed by atoms with Crippen molar-refractivity contribution in [3.05, 3.63) is 27.5 Å². The first-order chi connectivity index (χ1) is 8.71. The third-order valence-corrected chi connectivity index (χ3v) is 2.88. The van der Waals surface area contributed by atoms with E-state index in [1.165, 1.54) is 10.6 Å². The summed E-state index contributed by atoms with van der Waals surface area (Å²) < 4.78 is 1.45. The average molecular weight is 243 g/mol. The van der Waals surface area contributed by atoms with Crippen LogP contribution in [0, 0.1) is 22.7 Å². The normalized spacial score (nSPS) is 14.2. The number of hydrogen-bond donors (Lipinski definition) is 1. The highest BCUT2D eigenvalue weighted by molar-refractivity contribution is 5.56. The lowest BCUT2D eigenvalue weighted by Gasteiger charge is -2.31. The first kappa shape index (κ1) is 12.2. The van der Waals surface area contributed by atoms with Crippen molar-refractivity contribution in [3.63, 3.8) is 0 Å². The molecule has 0 atom stereocenters. The summed E-state index contributed by atoms with van der Waals surface area (Å²) in [6, 6.07) is 5.19. The summed E-state index contributed by atoms with van der Waals surface area (Å²) >= 11 is 0. The molecular formula is C12H13N5O. The quantitative estimate of drug-likeness (QED) is 0.824. The zero-order valence-electron chi connectivity index (χ0n) is 10.1. The molecule has 2 heterocycles. The van der Waals surface area contributed by atoms with Gasteiger partial charge in [-0.3, -0.25) is 14.3 Å². The largest absolute Gasteiger partial charge is 0.357 e. The van der Waals surface area contributed by atoms with Crippen molar-refractivity contribution in [2.24, 2.45) is 0 Å². The van der Waals surface area contributed by atoms with Gasteiger partial charge in [0.25, 0.3) is 5.56 Å². The van der Waals surface area contributed by atoms with Gasteiger partial charge in [0.1, 0.15) is 23.5 Å². The van der Waals surface area contributed by atoms with E-state index in [1.54, 1.807) is 0 Å². The summed E-state index contributed by atoms with van der Waals surface area (Å²) in [4.78, 5) is 14.1. The molecule has 1 aliphatic rings. The van der Waals surface area contributed by atoms with E-state index in [-0.39, 0.29) is 11.1 Å². The molecule has 0 amide bonds. The van der Waals surface area contributed by atoms with E-state index in [4.69, 9.17) is 10.5 Å². The molecule has 0 radical (unpaired) electrons. The van der Waals surface area contributed by atoms with E-state index in [1.807, 2.05) is 12.1 Å². The zero-order chi connectivity index (χ0) is 13.1. The maximum Gasteiger partial charge on any atom is 0.271 e. The lowest BCUT2D eigenvalue weighted by Crippen LogP contribution is -2.43. The monoisotopic (exact) mass is 243 g/mol. The third kappa shape index (κ3) is 1.94. The van der Waals surface area contributed by atoms with E-state index < -0.39 is 0 Å². The molecule has 0 bridgehead atoms. The molecule has 0 saturated carbocycles. The van der Waals surface area contributed by atoms with Crippen LogP contribution in [0.5, 0.6) is 0 Å². The average Bonchev–Trinajstić information content (AvgIpc) is 2.40. The minimum absolute atomic E-state index is 0.00967. The van der Waals surface area contributed by atoms with Gasteiger partial charge in [-0.2, -0.15) is 10.5 Å². The minimum Gasteiger partial charge on any atom is -0.357 e. The predicted molar refractivity (Wildman–Crippen MR) is 65.6 cm³/mol. The van der Waals surface area contributed by atoms with Crippen LogP contribution >= 0.6 is 0 Å². The molecule has 0 fully saturated rings. The van der Waals surface area contributed by atoms with Crippen molar-refractivity contribution >= 4 is 5.82 Å². The van der Waals surface area contributed by atoms with E-state index >= 15 is 0 Å². The van der Waals surface area contributed by atoms with Crippen LogP contribution in [-0.4, -0.2) is 22.7 Å². The Kier molecular flexibility index (Phi) is 3.31. The van der Waals surface area contributed by atoms with Crippen LogP contribution in [0.3, 0.4) is 0 Å². The van der Waals surface area contributed by atoms with Crippen LogP contribution in [-0.2, 0) is 6.67 Å². The van der Waals surface area contributed by atoms with Gasteiger partial charge in [-0.1, -0.05) is 6.92 Å². The second-order valence-corrected chi connectivity index (χ2v) is 4.15. The van der Waals surface area contributed by atoms with Crippen molar-refractivity contribution in [2.45, 2.75) is 20.0 Å². The molecule has 92 valence electrons. The Morgan fingerprint density at radius 2 is 2.11 bits per heavy atom. The van der Waals surface area contributed by atoms with Gasteiger partial charge in [-0.15, -0.1) is 0 Å². The molecule has 1 aromatic heterocycles. The molecule has 1 N–H and O–H groups in total. The first-order valence-electron chi connectivity index (χ1n) is 5.75. The molecule has 6 heteroatoms. The number of hydrogen-bond acceptors (Lipinski definition) is 5. The lowest BCUT2D eigenvalue weighted by atomic mass is 10.2. The van der Waals surface area contributed by atoms with Gasteiger partial charge in [0, 0.05) is 6.54 Å². The predicted octanol–water partition coefficient (Wildman–Crippen LogP) is 0.644. The second kappa shape index (κ2) is 4.91. The van der Waals surface area contributed by atoms with Gasteiger partial charge >= 0.3 is 0 Å². The summed E-state index contributed by atoms with van der Waals surface area (Å²) in [6.45, 7) is 3.94. The highest BCUT2D eigenvalue weighted by Gasteiger charge is 2.20. The molecule has 0 unspecified atom stereocenters. The summed E-state index contributed by atoms with van der Waals surface area (Å²) in [5.41, 5.74) is -0.00227. The molecular weight excluding hydrogens is 230 g/mol. The Hall–Kier alpha value is -2.31. The molecule has 6 nitrogen and oxygen atoms in total. The lowest BCUT2D eigenvalue weighted by molar-refractivity contribution is 0.215. The van der Waals surface area contributed by atoms with Crippen LogP contribution in [0.1, 0.15) is 24.5 Å².